The second kappa shape index (κ2) is 5.36. The molecule has 0 saturated carbocycles. The first-order chi connectivity index (χ1) is 10.8. The van der Waals surface area contributed by atoms with Crippen molar-refractivity contribution in [3.05, 3.63) is 17.5 Å². The minimum atomic E-state index is -4.82. The predicted molar refractivity (Wildman–Crippen MR) is 70.8 cm³/mol. The fourth-order valence-corrected chi connectivity index (χ4v) is 3.03. The minimum Gasteiger partial charge on any atom is -0.448 e. The summed E-state index contributed by atoms with van der Waals surface area (Å²) in [6.45, 7) is 0.636. The molecule has 3 amide bonds. The van der Waals surface area contributed by atoms with Crippen LogP contribution in [-0.2, 0) is 32.5 Å². The van der Waals surface area contributed by atoms with Gasteiger partial charge in [-0.15, -0.1) is 4.28 Å². The minimum absolute atomic E-state index is 0.00724. The zero-order valence-corrected chi connectivity index (χ0v) is 12.5. The number of nitrogens with two attached hydrogens (primary N) is 1. The highest BCUT2D eigenvalue weighted by Gasteiger charge is 2.47. The Morgan fingerprint density at radius 3 is 2.91 bits per heavy atom. The molecule has 126 valence electrons. The van der Waals surface area contributed by atoms with Gasteiger partial charge >= 0.3 is 22.5 Å². The lowest BCUT2D eigenvalue weighted by Gasteiger charge is -2.22. The van der Waals surface area contributed by atoms with Gasteiger partial charge in [0.05, 0.1) is 31.5 Å². The summed E-state index contributed by atoms with van der Waals surface area (Å²) in [7, 11) is -4.82. The maximum absolute atomic E-state index is 12.1. The van der Waals surface area contributed by atoms with Gasteiger partial charge in [0.2, 0.25) is 0 Å². The quantitative estimate of drug-likeness (QED) is 0.642. The molecule has 3 rings (SSSR count). The first-order valence-electron chi connectivity index (χ1n) is 6.48. The molecule has 0 radical (unpaired) electrons. The monoisotopic (exact) mass is 347 g/mol. The van der Waals surface area contributed by atoms with Crippen LogP contribution in [0.25, 0.3) is 0 Å². The van der Waals surface area contributed by atoms with Crippen molar-refractivity contribution in [3.8, 4) is 0 Å². The Morgan fingerprint density at radius 2 is 2.26 bits per heavy atom. The smallest absolute Gasteiger partial charge is 0.418 e. The number of nitrogens with zero attached hydrogens (tertiary/aromatic N) is 4. The summed E-state index contributed by atoms with van der Waals surface area (Å²) < 4.78 is 41.1. The van der Waals surface area contributed by atoms with Gasteiger partial charge in [-0.1, -0.05) is 0 Å². The second-order valence-electron chi connectivity index (χ2n) is 4.94. The zero-order chi connectivity index (χ0) is 16.8. The van der Waals surface area contributed by atoms with Crippen LogP contribution in [-0.4, -0.2) is 58.0 Å². The molecule has 1 fully saturated rings. The number of hydroxylamine groups is 2. The highest BCUT2D eigenvalue weighted by Crippen LogP contribution is 2.38. The summed E-state index contributed by atoms with van der Waals surface area (Å²) >= 11 is 0. The van der Waals surface area contributed by atoms with Crippen molar-refractivity contribution in [2.45, 2.75) is 19.1 Å². The van der Waals surface area contributed by atoms with Gasteiger partial charge in [0, 0.05) is 5.56 Å². The van der Waals surface area contributed by atoms with Crippen molar-refractivity contribution in [2.24, 2.45) is 5.73 Å². The van der Waals surface area contributed by atoms with E-state index >= 15 is 0 Å². The van der Waals surface area contributed by atoms with E-state index in [1.165, 1.54) is 15.8 Å². The summed E-state index contributed by atoms with van der Waals surface area (Å²) in [5.41, 5.74) is 6.12. The molecule has 1 atom stereocenters. The molecule has 0 aliphatic carbocycles. The lowest BCUT2D eigenvalue weighted by Crippen LogP contribution is -2.32. The van der Waals surface area contributed by atoms with Crippen molar-refractivity contribution in [1.82, 2.24) is 19.7 Å². The molecule has 12 nitrogen and oxygen atoms in total. The van der Waals surface area contributed by atoms with Crippen LogP contribution in [0.2, 0.25) is 0 Å². The molecule has 2 aliphatic rings. The van der Waals surface area contributed by atoms with Crippen LogP contribution in [0.5, 0.6) is 0 Å². The Hall–Kier alpha value is -2.38. The molecule has 2 bridgehead atoms. The Balaban J connectivity index is 1.82. The molecule has 1 aromatic rings. The molecule has 23 heavy (non-hydrogen) atoms. The molecule has 0 aromatic carbocycles. The van der Waals surface area contributed by atoms with E-state index in [-0.39, 0.29) is 26.2 Å². The maximum Gasteiger partial charge on any atom is 0.418 e. The fraction of sp³-hybridized carbons (Fsp3) is 0.500. The largest absolute Gasteiger partial charge is 0.448 e. The molecule has 0 spiro atoms. The standard InChI is InChI=1S/C10H13N5O7S/c11-9(16)21-2-1-14-7-4-13-5-8(6(7)3-12-14)15(10(13)17)22-23(18,19)20/h3,8H,1-2,4-5H2,(H2,11,16)(H,18,19,20). The number of hydrogen-bond acceptors (Lipinski definition) is 7. The molecule has 1 saturated heterocycles. The van der Waals surface area contributed by atoms with E-state index in [1.54, 1.807) is 0 Å². The van der Waals surface area contributed by atoms with Crippen molar-refractivity contribution in [2.75, 3.05) is 13.2 Å². The van der Waals surface area contributed by atoms with Crippen LogP contribution in [0.4, 0.5) is 9.59 Å². The Kier molecular flexibility index (Phi) is 3.62. The van der Waals surface area contributed by atoms with E-state index in [9.17, 15) is 18.0 Å². The Morgan fingerprint density at radius 1 is 1.52 bits per heavy atom. The Labute approximate surface area is 130 Å². The van der Waals surface area contributed by atoms with Crippen LogP contribution in [0.15, 0.2) is 6.20 Å². The molecule has 1 unspecified atom stereocenters. The van der Waals surface area contributed by atoms with Crippen molar-refractivity contribution >= 4 is 22.5 Å². The van der Waals surface area contributed by atoms with Crippen molar-refractivity contribution in [1.29, 1.82) is 0 Å². The SMILES string of the molecule is NC(=O)OCCn1ncc2c1CN1CC2N(OS(=O)(=O)O)C1=O. The molecule has 1 aromatic heterocycles. The normalized spacial score (nSPS) is 19.9. The number of carbonyl (C=O) groups excluding carboxylic acids is 2. The molecule has 3 N–H and O–H groups in total. The molecule has 3 heterocycles. The van der Waals surface area contributed by atoms with E-state index in [2.05, 4.69) is 14.1 Å². The van der Waals surface area contributed by atoms with Gasteiger partial charge in [-0.25, -0.2) is 9.59 Å². The first kappa shape index (κ1) is 15.5. The van der Waals surface area contributed by atoms with Crippen LogP contribution < -0.4 is 5.73 Å². The summed E-state index contributed by atoms with van der Waals surface area (Å²) in [6.07, 6.45) is 0.568. The van der Waals surface area contributed by atoms with Gasteiger partial charge in [0.1, 0.15) is 12.6 Å². The lowest BCUT2D eigenvalue weighted by atomic mass is 10.1. The molecular weight excluding hydrogens is 334 g/mol. The highest BCUT2D eigenvalue weighted by molar-refractivity contribution is 7.80. The summed E-state index contributed by atoms with van der Waals surface area (Å²) in [5, 5.41) is 4.73. The third-order valence-corrected chi connectivity index (χ3v) is 3.89. The third kappa shape index (κ3) is 2.93. The van der Waals surface area contributed by atoms with Crippen LogP contribution in [0.1, 0.15) is 17.3 Å². The van der Waals surface area contributed by atoms with E-state index < -0.39 is 28.6 Å². The van der Waals surface area contributed by atoms with E-state index in [1.807, 2.05) is 0 Å². The van der Waals surface area contributed by atoms with Gasteiger partial charge in [-0.3, -0.25) is 9.23 Å². The van der Waals surface area contributed by atoms with Gasteiger partial charge in [-0.05, 0) is 0 Å². The summed E-state index contributed by atoms with van der Waals surface area (Å²) in [6, 6.07) is -1.39. The average Bonchev–Trinajstić information content (AvgIpc) is 2.94. The van der Waals surface area contributed by atoms with Crippen molar-refractivity contribution < 1.29 is 31.6 Å². The predicted octanol–water partition coefficient (Wildman–Crippen LogP) is -0.995. The molecule has 13 heteroatoms. The van der Waals surface area contributed by atoms with Gasteiger partial charge in [0.15, 0.2) is 0 Å². The first-order valence-corrected chi connectivity index (χ1v) is 7.85. The maximum atomic E-state index is 12.1. The Bertz CT molecular complexity index is 760. The number of hydrogen-bond donors (Lipinski definition) is 2. The summed E-state index contributed by atoms with van der Waals surface area (Å²) in [5.74, 6) is 0. The number of amides is 3. The number of fused-ring (bicyclic) bond motifs is 4. The fourth-order valence-electron chi connectivity index (χ4n) is 2.66. The second-order valence-corrected chi connectivity index (χ2v) is 5.95. The third-order valence-electron chi connectivity index (χ3n) is 3.54. The summed E-state index contributed by atoms with van der Waals surface area (Å²) in [4.78, 5) is 24.0. The van der Waals surface area contributed by atoms with Gasteiger partial charge in [-0.2, -0.15) is 18.6 Å². The molecular formula is C10H13N5O7S. The number of rotatable bonds is 5. The average molecular weight is 347 g/mol. The zero-order valence-electron chi connectivity index (χ0n) is 11.7. The molecule has 2 aliphatic heterocycles. The van der Waals surface area contributed by atoms with Crippen LogP contribution >= 0.6 is 0 Å². The van der Waals surface area contributed by atoms with Crippen molar-refractivity contribution in [3.63, 3.8) is 0 Å². The van der Waals surface area contributed by atoms with Crippen LogP contribution in [0, 0.1) is 0 Å². The van der Waals surface area contributed by atoms with Crippen LogP contribution in [0.3, 0.4) is 0 Å². The van der Waals surface area contributed by atoms with E-state index in [4.69, 9.17) is 10.3 Å². The number of carbonyl (C=O) groups is 2. The number of urea groups is 1. The van der Waals surface area contributed by atoms with Gasteiger partial charge < -0.3 is 15.4 Å². The van der Waals surface area contributed by atoms with E-state index in [0.717, 1.165) is 0 Å². The topological polar surface area (TPSA) is 157 Å². The number of ether oxygens (including phenoxy) is 1. The number of primary amides is 1. The number of aromatic nitrogens is 2. The highest BCUT2D eigenvalue weighted by atomic mass is 32.3. The van der Waals surface area contributed by atoms with E-state index in [0.29, 0.717) is 16.3 Å². The van der Waals surface area contributed by atoms with Gasteiger partial charge in [0.25, 0.3) is 0 Å². The lowest BCUT2D eigenvalue weighted by molar-refractivity contribution is -0.0316.